The topological polar surface area (TPSA) is 93.3 Å². The van der Waals surface area contributed by atoms with Gasteiger partial charge in [-0.2, -0.15) is 18.2 Å². The minimum Gasteiger partial charge on any atom is -0.456 e. The number of aromatic nitrogens is 2. The summed E-state index contributed by atoms with van der Waals surface area (Å²) in [6, 6.07) is 7.83. The number of aliphatic hydroxyl groups is 1. The van der Waals surface area contributed by atoms with E-state index in [1.165, 1.54) is 6.07 Å². The molecule has 0 aliphatic heterocycles. The van der Waals surface area contributed by atoms with Crippen molar-refractivity contribution in [3.8, 4) is 11.5 Å². The molecule has 1 aromatic heterocycles. The van der Waals surface area contributed by atoms with Crippen LogP contribution in [-0.4, -0.2) is 27.7 Å². The Balaban J connectivity index is 1.94. The maximum absolute atomic E-state index is 12.8. The van der Waals surface area contributed by atoms with E-state index < -0.39 is 11.7 Å². The van der Waals surface area contributed by atoms with Crippen molar-refractivity contribution in [2.45, 2.75) is 38.4 Å². The Bertz CT molecular complexity index is 1060. The van der Waals surface area contributed by atoms with Gasteiger partial charge < -0.3 is 20.9 Å². The van der Waals surface area contributed by atoms with Gasteiger partial charge in [0.2, 0.25) is 5.95 Å². The van der Waals surface area contributed by atoms with Gasteiger partial charge >= 0.3 is 6.18 Å². The van der Waals surface area contributed by atoms with E-state index in [0.717, 1.165) is 25.0 Å². The summed E-state index contributed by atoms with van der Waals surface area (Å²) in [7, 11) is 0. The Morgan fingerprint density at radius 2 is 1.94 bits per heavy atom. The Morgan fingerprint density at radius 1 is 1.16 bits per heavy atom. The number of aliphatic hydroxyl groups excluding tert-OH is 1. The van der Waals surface area contributed by atoms with Crippen LogP contribution >= 0.6 is 11.6 Å². The third kappa shape index (κ3) is 5.68. The van der Waals surface area contributed by atoms with Gasteiger partial charge in [0, 0.05) is 18.0 Å². The lowest BCUT2D eigenvalue weighted by Gasteiger charge is -2.19. The van der Waals surface area contributed by atoms with Crippen LogP contribution in [0.2, 0.25) is 5.02 Å². The number of halogens is 4. The average Bonchev–Trinajstić information content (AvgIpc) is 2.69. The predicted octanol–water partition coefficient (Wildman–Crippen LogP) is 5.64. The first-order valence-electron chi connectivity index (χ1n) is 9.70. The second-order valence-electron chi connectivity index (χ2n) is 7.00. The number of benzene rings is 2. The van der Waals surface area contributed by atoms with Gasteiger partial charge in [-0.25, -0.2) is 4.98 Å². The number of fused-ring (bicyclic) bond motifs is 1. The number of hydrogen-bond donors (Lipinski definition) is 3. The van der Waals surface area contributed by atoms with Gasteiger partial charge in [0.15, 0.2) is 0 Å². The second-order valence-corrected chi connectivity index (χ2v) is 7.40. The number of nitrogens with one attached hydrogen (secondary N) is 1. The summed E-state index contributed by atoms with van der Waals surface area (Å²) in [5.74, 6) is 1.01. The minimum absolute atomic E-state index is 0.0126. The van der Waals surface area contributed by atoms with Gasteiger partial charge in [-0.3, -0.25) is 0 Å². The summed E-state index contributed by atoms with van der Waals surface area (Å²) in [5.41, 5.74) is 5.54. The highest BCUT2D eigenvalue weighted by Crippen LogP contribution is 2.37. The molecule has 0 bridgehead atoms. The summed E-state index contributed by atoms with van der Waals surface area (Å²) in [4.78, 5) is 8.49. The molecule has 4 N–H and O–H groups in total. The number of nitrogens with two attached hydrogens (primary N) is 1. The fourth-order valence-electron chi connectivity index (χ4n) is 3.17. The van der Waals surface area contributed by atoms with Gasteiger partial charge in [-0.05, 0) is 49.2 Å². The highest BCUT2D eigenvalue weighted by molar-refractivity contribution is 6.32. The number of anilines is 2. The zero-order valence-corrected chi connectivity index (χ0v) is 17.5. The van der Waals surface area contributed by atoms with Crippen LogP contribution < -0.4 is 15.8 Å². The van der Waals surface area contributed by atoms with Gasteiger partial charge in [0.05, 0.1) is 16.1 Å². The van der Waals surface area contributed by atoms with Crippen molar-refractivity contribution in [3.63, 3.8) is 0 Å². The summed E-state index contributed by atoms with van der Waals surface area (Å²) in [5, 5.41) is 13.1. The van der Waals surface area contributed by atoms with Crippen LogP contribution in [0.4, 0.5) is 24.9 Å². The second kappa shape index (κ2) is 9.57. The van der Waals surface area contributed by atoms with Crippen molar-refractivity contribution in [2.75, 3.05) is 17.7 Å². The van der Waals surface area contributed by atoms with Crippen LogP contribution in [0.5, 0.6) is 11.5 Å². The molecule has 0 amide bonds. The molecule has 3 aromatic rings. The maximum Gasteiger partial charge on any atom is 0.416 e. The molecule has 0 unspecified atom stereocenters. The van der Waals surface area contributed by atoms with E-state index in [1.54, 1.807) is 18.2 Å². The minimum atomic E-state index is -4.49. The molecular weight excluding hydrogens is 433 g/mol. The largest absolute Gasteiger partial charge is 0.456 e. The normalized spacial score (nSPS) is 12.7. The molecule has 0 radical (unpaired) electrons. The number of nitrogen functional groups attached to an aromatic ring is 1. The average molecular weight is 455 g/mol. The highest BCUT2D eigenvalue weighted by Gasteiger charge is 2.31. The van der Waals surface area contributed by atoms with Crippen molar-refractivity contribution in [2.24, 2.45) is 0 Å². The summed E-state index contributed by atoms with van der Waals surface area (Å²) in [6.45, 7) is 2.06. The van der Waals surface area contributed by atoms with E-state index in [-0.39, 0.29) is 29.4 Å². The van der Waals surface area contributed by atoms with Crippen LogP contribution in [0, 0.1) is 0 Å². The van der Waals surface area contributed by atoms with Crippen molar-refractivity contribution < 1.29 is 23.0 Å². The zero-order valence-electron chi connectivity index (χ0n) is 16.7. The first-order chi connectivity index (χ1) is 14.7. The lowest BCUT2D eigenvalue weighted by molar-refractivity contribution is -0.137. The molecule has 3 rings (SSSR count). The van der Waals surface area contributed by atoms with Gasteiger partial charge in [-0.1, -0.05) is 24.9 Å². The van der Waals surface area contributed by atoms with Crippen LogP contribution in [0.25, 0.3) is 10.9 Å². The number of alkyl halides is 3. The van der Waals surface area contributed by atoms with Crippen molar-refractivity contribution in [1.82, 2.24) is 9.97 Å². The smallest absolute Gasteiger partial charge is 0.416 e. The summed E-state index contributed by atoms with van der Waals surface area (Å²) < 4.78 is 44.3. The van der Waals surface area contributed by atoms with Crippen LogP contribution in [0.15, 0.2) is 36.4 Å². The Labute approximate surface area is 182 Å². The molecule has 6 nitrogen and oxygen atoms in total. The van der Waals surface area contributed by atoms with Crippen molar-refractivity contribution >= 4 is 34.3 Å². The molecule has 0 aliphatic carbocycles. The van der Waals surface area contributed by atoms with Crippen LogP contribution in [0.3, 0.4) is 0 Å². The molecule has 31 heavy (non-hydrogen) atoms. The Kier molecular flexibility index (Phi) is 7.07. The molecule has 0 aliphatic rings. The Hall–Kier alpha value is -2.78. The fraction of sp³-hybridized carbons (Fsp3) is 0.333. The van der Waals surface area contributed by atoms with Crippen LogP contribution in [-0.2, 0) is 6.18 Å². The maximum atomic E-state index is 12.8. The van der Waals surface area contributed by atoms with Gasteiger partial charge in [0.1, 0.15) is 17.3 Å². The SMILES string of the molecule is CCC[C@@H](CCO)Nc1nc(N)nc2ccc(Oc3ccc(C(F)(F)F)cc3Cl)cc12. The Morgan fingerprint density at radius 3 is 2.58 bits per heavy atom. The number of hydrogen-bond acceptors (Lipinski definition) is 6. The van der Waals surface area contributed by atoms with Crippen molar-refractivity contribution in [1.29, 1.82) is 0 Å². The molecular formula is C21H22ClF3N4O2. The first kappa shape index (κ1) is 22.9. The predicted molar refractivity (Wildman–Crippen MR) is 114 cm³/mol. The highest BCUT2D eigenvalue weighted by atomic mass is 35.5. The molecule has 2 aromatic carbocycles. The molecule has 166 valence electrons. The summed E-state index contributed by atoms with van der Waals surface area (Å²) >= 11 is 5.99. The zero-order chi connectivity index (χ0) is 22.6. The standard InChI is InChI=1S/C21H22ClF3N4O2/c1-2-3-13(8-9-30)27-19-15-11-14(5-6-17(15)28-20(26)29-19)31-18-7-4-12(10-16(18)22)21(23,24)25/h4-7,10-11,13,30H,2-3,8-9H2,1H3,(H3,26,27,28,29)/t13-/m0/s1. The molecule has 1 atom stereocenters. The van der Waals surface area contributed by atoms with E-state index in [2.05, 4.69) is 15.3 Å². The lowest BCUT2D eigenvalue weighted by Crippen LogP contribution is -2.22. The van der Waals surface area contributed by atoms with E-state index >= 15 is 0 Å². The van der Waals surface area contributed by atoms with E-state index in [9.17, 15) is 18.3 Å². The number of ether oxygens (including phenoxy) is 1. The number of rotatable bonds is 8. The molecule has 10 heteroatoms. The molecule has 0 saturated heterocycles. The van der Waals surface area contributed by atoms with Gasteiger partial charge in [-0.15, -0.1) is 0 Å². The van der Waals surface area contributed by atoms with E-state index in [0.29, 0.717) is 28.9 Å². The van der Waals surface area contributed by atoms with Gasteiger partial charge in [0.25, 0.3) is 0 Å². The van der Waals surface area contributed by atoms with E-state index in [4.69, 9.17) is 22.1 Å². The monoisotopic (exact) mass is 454 g/mol. The number of nitrogens with zero attached hydrogens (tertiary/aromatic N) is 2. The molecule has 0 fully saturated rings. The quantitative estimate of drug-likeness (QED) is 0.408. The third-order valence-electron chi connectivity index (χ3n) is 4.63. The van der Waals surface area contributed by atoms with E-state index in [1.807, 2.05) is 6.92 Å². The van der Waals surface area contributed by atoms with Crippen LogP contribution in [0.1, 0.15) is 31.7 Å². The molecule has 0 saturated carbocycles. The molecule has 1 heterocycles. The molecule has 0 spiro atoms. The third-order valence-corrected chi connectivity index (χ3v) is 4.92. The lowest BCUT2D eigenvalue weighted by atomic mass is 10.1. The fourth-order valence-corrected chi connectivity index (χ4v) is 3.39. The van der Waals surface area contributed by atoms with Crippen molar-refractivity contribution in [3.05, 3.63) is 47.0 Å². The first-order valence-corrected chi connectivity index (χ1v) is 10.1. The summed E-state index contributed by atoms with van der Waals surface area (Å²) in [6.07, 6.45) is -2.22.